The van der Waals surface area contributed by atoms with E-state index in [1.807, 2.05) is 0 Å². The number of hydrogen-bond acceptors (Lipinski definition) is 2. The third kappa shape index (κ3) is 4.97. The van der Waals surface area contributed by atoms with Gasteiger partial charge in [-0.3, -0.25) is 0 Å². The average Bonchev–Trinajstić information content (AvgIpc) is 2.34. The van der Waals surface area contributed by atoms with Crippen LogP contribution in [0.5, 0.6) is 0 Å². The van der Waals surface area contributed by atoms with Crippen LogP contribution in [-0.2, 0) is 4.74 Å². The fourth-order valence-electron chi connectivity index (χ4n) is 3.04. The van der Waals surface area contributed by atoms with Gasteiger partial charge >= 0.3 is 0 Å². The first-order chi connectivity index (χ1) is 8.19. The fraction of sp³-hybridized carbons (Fsp3) is 1.00. The fourth-order valence-corrected chi connectivity index (χ4v) is 3.04. The molecule has 0 radical (unpaired) electrons. The van der Waals surface area contributed by atoms with Crippen LogP contribution in [0.15, 0.2) is 0 Å². The van der Waals surface area contributed by atoms with Gasteiger partial charge in [0.25, 0.3) is 0 Å². The first-order valence-electron chi connectivity index (χ1n) is 7.47. The summed E-state index contributed by atoms with van der Waals surface area (Å²) >= 11 is 0. The Labute approximate surface area is 108 Å². The molecule has 3 unspecified atom stereocenters. The third-order valence-electron chi connectivity index (χ3n) is 4.32. The molecule has 0 aromatic rings. The molecule has 0 amide bonds. The van der Waals surface area contributed by atoms with Crippen molar-refractivity contribution < 1.29 is 4.74 Å². The zero-order valence-electron chi connectivity index (χ0n) is 12.2. The molecule has 1 aliphatic rings. The maximum Gasteiger partial charge on any atom is 0.0497 e. The zero-order valence-corrected chi connectivity index (χ0v) is 12.2. The van der Waals surface area contributed by atoms with Gasteiger partial charge in [0, 0.05) is 13.2 Å². The van der Waals surface area contributed by atoms with E-state index in [4.69, 9.17) is 4.74 Å². The van der Waals surface area contributed by atoms with Crippen molar-refractivity contribution in [2.45, 2.75) is 47.0 Å². The van der Waals surface area contributed by atoms with Crippen LogP contribution in [0.1, 0.15) is 47.0 Å². The minimum Gasteiger partial charge on any atom is -0.381 e. The highest BCUT2D eigenvalue weighted by Gasteiger charge is 2.31. The van der Waals surface area contributed by atoms with Crippen molar-refractivity contribution in [2.75, 3.05) is 26.3 Å². The van der Waals surface area contributed by atoms with Gasteiger partial charge in [0.05, 0.1) is 0 Å². The minimum atomic E-state index is 0.773. The summed E-state index contributed by atoms with van der Waals surface area (Å²) in [4.78, 5) is 0. The molecule has 1 N–H and O–H groups in total. The second-order valence-corrected chi connectivity index (χ2v) is 5.80. The van der Waals surface area contributed by atoms with E-state index in [9.17, 15) is 0 Å². The third-order valence-corrected chi connectivity index (χ3v) is 4.32. The summed E-state index contributed by atoms with van der Waals surface area (Å²) < 4.78 is 5.68. The molecule has 1 saturated carbocycles. The highest BCUT2D eigenvalue weighted by molar-refractivity contribution is 4.82. The van der Waals surface area contributed by atoms with Crippen LogP contribution in [-0.4, -0.2) is 26.3 Å². The van der Waals surface area contributed by atoms with Gasteiger partial charge < -0.3 is 10.1 Å². The molecule has 2 nitrogen and oxygen atoms in total. The Hall–Kier alpha value is -0.0800. The molecule has 1 rings (SSSR count). The summed E-state index contributed by atoms with van der Waals surface area (Å²) in [5.41, 5.74) is 0. The summed E-state index contributed by atoms with van der Waals surface area (Å²) in [6, 6.07) is 0. The standard InChI is InChI=1S/C15H31NO/c1-5-16-10-14-8-7-13(12(3)4)9-15(14)11-17-6-2/h12-16H,5-11H2,1-4H3. The molecule has 0 bridgehead atoms. The molecule has 0 aromatic heterocycles. The van der Waals surface area contributed by atoms with E-state index in [0.29, 0.717) is 0 Å². The average molecular weight is 241 g/mol. The Morgan fingerprint density at radius 1 is 1.18 bits per heavy atom. The lowest BCUT2D eigenvalue weighted by Crippen LogP contribution is -2.36. The topological polar surface area (TPSA) is 21.3 Å². The Bertz CT molecular complexity index is 193. The van der Waals surface area contributed by atoms with Crippen molar-refractivity contribution in [1.29, 1.82) is 0 Å². The summed E-state index contributed by atoms with van der Waals surface area (Å²) in [5, 5.41) is 3.51. The summed E-state index contributed by atoms with van der Waals surface area (Å²) in [5.74, 6) is 3.35. The monoisotopic (exact) mass is 241 g/mol. The second kappa shape index (κ2) is 8.10. The molecule has 0 heterocycles. The van der Waals surface area contributed by atoms with Crippen LogP contribution in [0.4, 0.5) is 0 Å². The van der Waals surface area contributed by atoms with E-state index in [0.717, 1.165) is 43.4 Å². The number of rotatable bonds is 7. The van der Waals surface area contributed by atoms with Gasteiger partial charge in [-0.25, -0.2) is 0 Å². The van der Waals surface area contributed by atoms with Crippen molar-refractivity contribution in [3.63, 3.8) is 0 Å². The Kier molecular flexibility index (Phi) is 7.14. The van der Waals surface area contributed by atoms with E-state index >= 15 is 0 Å². The van der Waals surface area contributed by atoms with Crippen LogP contribution >= 0.6 is 0 Å². The van der Waals surface area contributed by atoms with E-state index in [-0.39, 0.29) is 0 Å². The molecule has 0 aliphatic heterocycles. The lowest BCUT2D eigenvalue weighted by atomic mass is 9.71. The quantitative estimate of drug-likeness (QED) is 0.738. The summed E-state index contributed by atoms with van der Waals surface area (Å²) in [6.45, 7) is 13.1. The van der Waals surface area contributed by atoms with Gasteiger partial charge in [-0.2, -0.15) is 0 Å². The Morgan fingerprint density at radius 2 is 1.94 bits per heavy atom. The molecular formula is C15H31NO. The van der Waals surface area contributed by atoms with Gasteiger partial charge in [0.1, 0.15) is 0 Å². The molecule has 102 valence electrons. The largest absolute Gasteiger partial charge is 0.381 e. The lowest BCUT2D eigenvalue weighted by Gasteiger charge is -2.38. The predicted octanol–water partition coefficient (Wildman–Crippen LogP) is 3.32. The highest BCUT2D eigenvalue weighted by Crippen LogP contribution is 2.37. The minimum absolute atomic E-state index is 0.773. The first-order valence-corrected chi connectivity index (χ1v) is 7.47. The van der Waals surface area contributed by atoms with Crippen molar-refractivity contribution >= 4 is 0 Å². The van der Waals surface area contributed by atoms with Crippen LogP contribution in [0, 0.1) is 23.7 Å². The molecule has 2 heteroatoms. The highest BCUT2D eigenvalue weighted by atomic mass is 16.5. The van der Waals surface area contributed by atoms with Gasteiger partial charge in [-0.1, -0.05) is 20.8 Å². The van der Waals surface area contributed by atoms with E-state index in [2.05, 4.69) is 33.0 Å². The van der Waals surface area contributed by atoms with Gasteiger partial charge in [0.2, 0.25) is 0 Å². The zero-order chi connectivity index (χ0) is 12.7. The molecular weight excluding hydrogens is 210 g/mol. The molecule has 1 aliphatic carbocycles. The summed E-state index contributed by atoms with van der Waals surface area (Å²) in [7, 11) is 0. The molecule has 3 atom stereocenters. The SMILES string of the molecule is CCNCC1CCC(C(C)C)CC1COCC. The second-order valence-electron chi connectivity index (χ2n) is 5.80. The normalized spacial score (nSPS) is 29.8. The van der Waals surface area contributed by atoms with Gasteiger partial charge in [-0.05, 0) is 62.9 Å². The molecule has 17 heavy (non-hydrogen) atoms. The smallest absolute Gasteiger partial charge is 0.0497 e. The van der Waals surface area contributed by atoms with Gasteiger partial charge in [-0.15, -0.1) is 0 Å². The first kappa shape index (κ1) is 15.0. The van der Waals surface area contributed by atoms with Crippen LogP contribution in [0.2, 0.25) is 0 Å². The maximum absolute atomic E-state index is 5.68. The van der Waals surface area contributed by atoms with Crippen molar-refractivity contribution in [3.8, 4) is 0 Å². The van der Waals surface area contributed by atoms with Crippen LogP contribution in [0.3, 0.4) is 0 Å². The van der Waals surface area contributed by atoms with Crippen LogP contribution < -0.4 is 5.32 Å². The number of ether oxygens (including phenoxy) is 1. The maximum atomic E-state index is 5.68. The van der Waals surface area contributed by atoms with E-state index in [1.54, 1.807) is 0 Å². The lowest BCUT2D eigenvalue weighted by molar-refractivity contribution is 0.0427. The van der Waals surface area contributed by atoms with E-state index < -0.39 is 0 Å². The van der Waals surface area contributed by atoms with Crippen molar-refractivity contribution in [2.24, 2.45) is 23.7 Å². The number of nitrogens with one attached hydrogen (secondary N) is 1. The van der Waals surface area contributed by atoms with Crippen molar-refractivity contribution in [3.05, 3.63) is 0 Å². The molecule has 0 spiro atoms. The van der Waals surface area contributed by atoms with E-state index in [1.165, 1.54) is 25.8 Å². The molecule has 1 fully saturated rings. The molecule has 0 saturated heterocycles. The summed E-state index contributed by atoms with van der Waals surface area (Å²) in [6.07, 6.45) is 4.16. The Morgan fingerprint density at radius 3 is 2.53 bits per heavy atom. The molecule has 0 aromatic carbocycles. The van der Waals surface area contributed by atoms with Crippen LogP contribution in [0.25, 0.3) is 0 Å². The predicted molar refractivity (Wildman–Crippen MR) is 74.2 cm³/mol. The van der Waals surface area contributed by atoms with Crippen molar-refractivity contribution in [1.82, 2.24) is 5.32 Å². The number of hydrogen-bond donors (Lipinski definition) is 1. The van der Waals surface area contributed by atoms with Gasteiger partial charge in [0.15, 0.2) is 0 Å². The Balaban J connectivity index is 2.46.